The van der Waals surface area contributed by atoms with E-state index in [4.69, 9.17) is 5.73 Å². The van der Waals surface area contributed by atoms with Gasteiger partial charge < -0.3 is 10.6 Å². The lowest BCUT2D eigenvalue weighted by Gasteiger charge is -2.27. The van der Waals surface area contributed by atoms with Crippen molar-refractivity contribution in [2.45, 2.75) is 6.42 Å². The number of anilines is 1. The van der Waals surface area contributed by atoms with Crippen LogP contribution in [0, 0.1) is 0 Å². The normalized spacial score (nSPS) is 14.2. The first-order chi connectivity index (χ1) is 9.56. The zero-order chi connectivity index (χ0) is 14.3. The lowest BCUT2D eigenvalue weighted by Crippen LogP contribution is -2.37. The third kappa shape index (κ3) is 1.95. The quantitative estimate of drug-likeness (QED) is 0.873. The molecular formula is C14H14N4O2. The molecule has 2 heterocycles. The fraction of sp³-hybridized carbons (Fsp3) is 0.214. The van der Waals surface area contributed by atoms with E-state index < -0.39 is 5.91 Å². The Balaban J connectivity index is 2.01. The van der Waals surface area contributed by atoms with Crippen LogP contribution in [0.15, 0.2) is 30.6 Å². The van der Waals surface area contributed by atoms with Gasteiger partial charge in [0.15, 0.2) is 0 Å². The minimum Gasteiger partial charge on any atom is -0.366 e. The van der Waals surface area contributed by atoms with Crippen molar-refractivity contribution in [2.24, 2.45) is 12.8 Å². The van der Waals surface area contributed by atoms with E-state index >= 15 is 0 Å². The molecule has 3 rings (SSSR count). The molecule has 0 fully saturated rings. The average molecular weight is 270 g/mol. The summed E-state index contributed by atoms with van der Waals surface area (Å²) in [5.74, 6) is -0.651. The van der Waals surface area contributed by atoms with Crippen LogP contribution < -0.4 is 10.6 Å². The van der Waals surface area contributed by atoms with Crippen molar-refractivity contribution >= 4 is 17.5 Å². The summed E-state index contributed by atoms with van der Waals surface area (Å²) in [5, 5.41) is 4.08. The van der Waals surface area contributed by atoms with Crippen molar-refractivity contribution in [1.82, 2.24) is 9.78 Å². The van der Waals surface area contributed by atoms with Crippen LogP contribution in [0.3, 0.4) is 0 Å². The van der Waals surface area contributed by atoms with Gasteiger partial charge in [0, 0.05) is 30.9 Å². The summed E-state index contributed by atoms with van der Waals surface area (Å²) in [4.78, 5) is 25.4. The van der Waals surface area contributed by atoms with Crippen LogP contribution in [0.5, 0.6) is 0 Å². The fourth-order valence-corrected chi connectivity index (χ4v) is 2.42. The number of fused-ring (bicyclic) bond motifs is 1. The van der Waals surface area contributed by atoms with E-state index in [2.05, 4.69) is 5.10 Å². The van der Waals surface area contributed by atoms with Crippen molar-refractivity contribution < 1.29 is 9.59 Å². The number of amides is 2. The van der Waals surface area contributed by atoms with Crippen molar-refractivity contribution in [3.63, 3.8) is 0 Å². The Kier molecular flexibility index (Phi) is 2.78. The van der Waals surface area contributed by atoms with Gasteiger partial charge >= 0.3 is 0 Å². The van der Waals surface area contributed by atoms with Crippen LogP contribution >= 0.6 is 0 Å². The van der Waals surface area contributed by atoms with Crippen molar-refractivity contribution in [1.29, 1.82) is 0 Å². The molecule has 20 heavy (non-hydrogen) atoms. The predicted octanol–water partition coefficient (Wildman–Crippen LogP) is 0.722. The van der Waals surface area contributed by atoms with Crippen molar-refractivity contribution in [2.75, 3.05) is 11.4 Å². The first-order valence-corrected chi connectivity index (χ1v) is 6.29. The zero-order valence-electron chi connectivity index (χ0n) is 11.0. The Bertz CT molecular complexity index is 705. The molecule has 0 spiro atoms. The van der Waals surface area contributed by atoms with Gasteiger partial charge in [0.05, 0.1) is 11.9 Å². The van der Waals surface area contributed by atoms with Gasteiger partial charge in [-0.15, -0.1) is 0 Å². The van der Waals surface area contributed by atoms with Gasteiger partial charge in [0.2, 0.25) is 5.91 Å². The zero-order valence-corrected chi connectivity index (χ0v) is 11.0. The Morgan fingerprint density at radius 3 is 2.85 bits per heavy atom. The van der Waals surface area contributed by atoms with Gasteiger partial charge in [-0.1, -0.05) is 6.07 Å². The standard InChI is InChI=1S/C14H14N4O2/c1-17-8-11(7-16-17)18-5-4-9-2-3-10(13(15)19)6-12(9)14(18)20/h2-3,6-8H,4-5H2,1H3,(H2,15,19). The second-order valence-corrected chi connectivity index (χ2v) is 4.82. The summed E-state index contributed by atoms with van der Waals surface area (Å²) in [6.07, 6.45) is 4.19. The fourth-order valence-electron chi connectivity index (χ4n) is 2.42. The largest absolute Gasteiger partial charge is 0.366 e. The van der Waals surface area contributed by atoms with Crippen LogP contribution in [0.4, 0.5) is 5.69 Å². The molecular weight excluding hydrogens is 256 g/mol. The molecule has 0 unspecified atom stereocenters. The van der Waals surface area contributed by atoms with Gasteiger partial charge in [-0.25, -0.2) is 0 Å². The van der Waals surface area contributed by atoms with Crippen LogP contribution in [-0.2, 0) is 13.5 Å². The van der Waals surface area contributed by atoms with Crippen molar-refractivity contribution in [3.05, 3.63) is 47.3 Å². The van der Waals surface area contributed by atoms with Gasteiger partial charge in [-0.3, -0.25) is 14.3 Å². The van der Waals surface area contributed by atoms with E-state index in [9.17, 15) is 9.59 Å². The number of rotatable bonds is 2. The van der Waals surface area contributed by atoms with E-state index in [1.807, 2.05) is 0 Å². The van der Waals surface area contributed by atoms with Gasteiger partial charge in [0.1, 0.15) is 0 Å². The number of nitrogens with zero attached hydrogens (tertiary/aromatic N) is 3. The number of carbonyl (C=O) groups excluding carboxylic acids is 2. The highest BCUT2D eigenvalue weighted by Crippen LogP contribution is 2.24. The number of nitrogens with two attached hydrogens (primary N) is 1. The lowest BCUT2D eigenvalue weighted by molar-refractivity contribution is 0.0980. The maximum Gasteiger partial charge on any atom is 0.258 e. The molecule has 0 saturated heterocycles. The molecule has 0 radical (unpaired) electrons. The summed E-state index contributed by atoms with van der Waals surface area (Å²) >= 11 is 0. The molecule has 2 amide bonds. The second kappa shape index (κ2) is 4.48. The van der Waals surface area contributed by atoms with E-state index in [0.29, 0.717) is 17.7 Å². The van der Waals surface area contributed by atoms with E-state index in [0.717, 1.165) is 17.7 Å². The molecule has 0 aliphatic carbocycles. The Morgan fingerprint density at radius 2 is 2.20 bits per heavy atom. The summed E-state index contributed by atoms with van der Waals surface area (Å²) in [6, 6.07) is 5.03. The topological polar surface area (TPSA) is 81.2 Å². The number of aromatic nitrogens is 2. The van der Waals surface area contributed by atoms with Crippen LogP contribution in [0.1, 0.15) is 26.3 Å². The summed E-state index contributed by atoms with van der Waals surface area (Å²) in [7, 11) is 1.80. The molecule has 6 nitrogen and oxygen atoms in total. The maximum atomic E-state index is 12.5. The number of primary amides is 1. The predicted molar refractivity (Wildman–Crippen MR) is 73.5 cm³/mol. The first-order valence-electron chi connectivity index (χ1n) is 6.29. The van der Waals surface area contributed by atoms with E-state index in [1.165, 1.54) is 0 Å². The first kappa shape index (κ1) is 12.4. The third-order valence-electron chi connectivity index (χ3n) is 3.48. The number of benzene rings is 1. The Labute approximate surface area is 115 Å². The molecule has 1 aliphatic rings. The highest BCUT2D eigenvalue weighted by atomic mass is 16.2. The number of aryl methyl sites for hydroxylation is 1. The highest BCUT2D eigenvalue weighted by Gasteiger charge is 2.26. The Morgan fingerprint density at radius 1 is 1.40 bits per heavy atom. The monoisotopic (exact) mass is 270 g/mol. The summed E-state index contributed by atoms with van der Waals surface area (Å²) in [5.41, 5.74) is 7.86. The smallest absolute Gasteiger partial charge is 0.258 e. The molecule has 1 aromatic carbocycles. The molecule has 2 N–H and O–H groups in total. The third-order valence-corrected chi connectivity index (χ3v) is 3.48. The molecule has 0 atom stereocenters. The second-order valence-electron chi connectivity index (χ2n) is 4.82. The van der Waals surface area contributed by atoms with E-state index in [-0.39, 0.29) is 5.91 Å². The molecule has 2 aromatic rings. The van der Waals surface area contributed by atoms with Crippen molar-refractivity contribution in [3.8, 4) is 0 Å². The van der Waals surface area contributed by atoms with E-state index in [1.54, 1.807) is 47.2 Å². The molecule has 0 saturated carbocycles. The van der Waals surface area contributed by atoms with Gasteiger partial charge in [-0.05, 0) is 24.1 Å². The number of carbonyl (C=O) groups is 2. The molecule has 1 aliphatic heterocycles. The minimum atomic E-state index is -0.529. The van der Waals surface area contributed by atoms with Crippen LogP contribution in [0.2, 0.25) is 0 Å². The number of hydrogen-bond acceptors (Lipinski definition) is 3. The molecule has 102 valence electrons. The average Bonchev–Trinajstić information content (AvgIpc) is 2.85. The SMILES string of the molecule is Cn1cc(N2CCc3ccc(C(N)=O)cc3C2=O)cn1. The molecule has 6 heteroatoms. The summed E-state index contributed by atoms with van der Waals surface area (Å²) < 4.78 is 1.65. The van der Waals surface area contributed by atoms with Gasteiger partial charge in [-0.2, -0.15) is 5.10 Å². The lowest BCUT2D eigenvalue weighted by atomic mass is 9.96. The minimum absolute atomic E-state index is 0.123. The molecule has 1 aromatic heterocycles. The van der Waals surface area contributed by atoms with Crippen LogP contribution in [-0.4, -0.2) is 28.1 Å². The van der Waals surface area contributed by atoms with Crippen LogP contribution in [0.25, 0.3) is 0 Å². The Hall–Kier alpha value is -2.63. The number of hydrogen-bond donors (Lipinski definition) is 1. The summed E-state index contributed by atoms with van der Waals surface area (Å²) in [6.45, 7) is 0.605. The molecule has 0 bridgehead atoms. The maximum absolute atomic E-state index is 12.5. The van der Waals surface area contributed by atoms with Gasteiger partial charge in [0.25, 0.3) is 5.91 Å². The highest BCUT2D eigenvalue weighted by molar-refractivity contribution is 6.09.